The van der Waals surface area contributed by atoms with Crippen molar-refractivity contribution in [2.24, 2.45) is 0 Å². The highest BCUT2D eigenvalue weighted by Gasteiger charge is 2.03. The van der Waals surface area contributed by atoms with Crippen LogP contribution in [0.4, 0.5) is 0 Å². The number of carbonyl (C=O) groups is 1. The number of benzene rings is 3. The van der Waals surface area contributed by atoms with Crippen LogP contribution in [0.2, 0.25) is 0 Å². The maximum absolute atomic E-state index is 10.5. The molecule has 0 aromatic heterocycles. The van der Waals surface area contributed by atoms with E-state index in [0.29, 0.717) is 29.6 Å². The van der Waals surface area contributed by atoms with Crippen LogP contribution in [-0.4, -0.2) is 24.8 Å². The number of rotatable bonds is 11. The topological polar surface area (TPSA) is 86.3 Å². The number of carboxylic acid groups (broad SMARTS) is 1. The van der Waals surface area contributed by atoms with E-state index in [1.807, 2.05) is 54.6 Å². The molecule has 0 aliphatic carbocycles. The minimum atomic E-state index is -1.02. The average Bonchev–Trinajstić information content (AvgIpc) is 2.81. The molecule has 3 aromatic rings. The van der Waals surface area contributed by atoms with Gasteiger partial charge in [-0.2, -0.15) is 0 Å². The highest BCUT2D eigenvalue weighted by molar-refractivity contribution is 5.68. The van der Waals surface area contributed by atoms with Gasteiger partial charge in [-0.15, -0.1) is 0 Å². The molecule has 2 N–H and O–H groups in total. The second-order valence-electron chi connectivity index (χ2n) is 6.41. The van der Waals surface area contributed by atoms with Crippen LogP contribution in [0.1, 0.15) is 11.1 Å². The normalized spacial score (nSPS) is 10.9. The third-order valence-corrected chi connectivity index (χ3v) is 4.12. The molecule has 0 spiro atoms. The summed E-state index contributed by atoms with van der Waals surface area (Å²) in [5.74, 6) is 0.788. The third kappa shape index (κ3) is 7.09. The van der Waals surface area contributed by atoms with Crippen LogP contribution in [0, 0.1) is 0 Å². The molecule has 7 heteroatoms. The summed E-state index contributed by atoms with van der Waals surface area (Å²) < 4.78 is 16.6. The van der Waals surface area contributed by atoms with Crippen LogP contribution in [-0.2, 0) is 16.2 Å². The molecule has 3 rings (SSSR count). The van der Waals surface area contributed by atoms with Crippen LogP contribution in [0.25, 0.3) is 5.70 Å². The van der Waals surface area contributed by atoms with Gasteiger partial charge in [-0.25, -0.2) is 4.79 Å². The lowest BCUT2D eigenvalue weighted by molar-refractivity contribution is -0.139. The lowest BCUT2D eigenvalue weighted by Crippen LogP contribution is -2.11. The first-order valence-electron chi connectivity index (χ1n) is 9.51. The number of ether oxygens (including phenoxy) is 3. The van der Waals surface area contributed by atoms with Crippen molar-refractivity contribution in [3.63, 3.8) is 0 Å². The smallest absolute Gasteiger partial charge is 0.341 e. The second kappa shape index (κ2) is 11.3. The van der Waals surface area contributed by atoms with Crippen molar-refractivity contribution in [3.8, 4) is 17.2 Å². The summed E-state index contributed by atoms with van der Waals surface area (Å²) >= 11 is 0. The Hall–Kier alpha value is -3.97. The van der Waals surface area contributed by atoms with Crippen LogP contribution in [0.3, 0.4) is 0 Å². The Bertz CT molecular complexity index is 985. The minimum absolute atomic E-state index is 0.377. The molecule has 160 valence electrons. The molecule has 0 unspecified atom stereocenters. The van der Waals surface area contributed by atoms with Crippen molar-refractivity contribution < 1.29 is 28.9 Å². The highest BCUT2D eigenvalue weighted by Crippen LogP contribution is 2.20. The number of aliphatic carboxylic acids is 1. The molecule has 0 aliphatic rings. The Labute approximate surface area is 180 Å². The molecule has 0 amide bonds. The number of nitrogens with one attached hydrogen (secondary N) is 1. The maximum atomic E-state index is 10.5. The molecule has 0 bridgehead atoms. The summed E-state index contributed by atoms with van der Waals surface area (Å²) in [5.41, 5.74) is 5.43. The zero-order valence-electron chi connectivity index (χ0n) is 17.0. The molecule has 31 heavy (non-hydrogen) atoms. The summed E-state index contributed by atoms with van der Waals surface area (Å²) in [6, 6.07) is 24.0. The van der Waals surface area contributed by atoms with Crippen LogP contribution < -0.4 is 19.7 Å². The van der Waals surface area contributed by atoms with E-state index >= 15 is 0 Å². The molecule has 3 aromatic carbocycles. The van der Waals surface area contributed by atoms with E-state index in [-0.39, 0.29) is 6.61 Å². The van der Waals surface area contributed by atoms with E-state index < -0.39 is 5.97 Å². The van der Waals surface area contributed by atoms with E-state index in [9.17, 15) is 4.79 Å². The van der Waals surface area contributed by atoms with Gasteiger partial charge < -0.3 is 19.3 Å². The monoisotopic (exact) mass is 421 g/mol. The molecule has 0 saturated carbocycles. The van der Waals surface area contributed by atoms with Crippen LogP contribution in [0.15, 0.2) is 85.1 Å². The fourth-order valence-electron chi connectivity index (χ4n) is 2.61. The van der Waals surface area contributed by atoms with E-state index in [1.165, 1.54) is 0 Å². The Morgan fingerprint density at radius 1 is 0.871 bits per heavy atom. The summed E-state index contributed by atoms with van der Waals surface area (Å²) in [6.07, 6.45) is 1.60. The summed E-state index contributed by atoms with van der Waals surface area (Å²) in [7, 11) is 1.54. The van der Waals surface area contributed by atoms with Crippen molar-refractivity contribution in [2.75, 3.05) is 13.7 Å². The molecule has 0 radical (unpaired) electrons. The standard InChI is InChI=1S/C24H23NO6/c1-28-25-23(19-5-3-2-4-6-19)16-30-20-9-7-18(8-10-20)15-29-21-11-13-22(14-12-21)31-17-24(26)27/h2-14,16,25H,15,17H2,1H3,(H,26,27). The van der Waals surface area contributed by atoms with Gasteiger partial charge in [-0.3, -0.25) is 10.3 Å². The molecule has 0 saturated heterocycles. The first kappa shape index (κ1) is 21.7. The fourth-order valence-corrected chi connectivity index (χ4v) is 2.61. The number of hydroxylamine groups is 1. The molecular formula is C24H23NO6. The Morgan fingerprint density at radius 3 is 2.10 bits per heavy atom. The first-order valence-corrected chi connectivity index (χ1v) is 9.51. The van der Waals surface area contributed by atoms with Gasteiger partial charge in [0, 0.05) is 5.56 Å². The molecule has 0 atom stereocenters. The number of hydrogen-bond acceptors (Lipinski definition) is 6. The summed E-state index contributed by atoms with van der Waals surface area (Å²) in [4.78, 5) is 15.5. The lowest BCUT2D eigenvalue weighted by Gasteiger charge is -2.10. The zero-order chi connectivity index (χ0) is 21.9. The maximum Gasteiger partial charge on any atom is 0.341 e. The van der Waals surface area contributed by atoms with Crippen LogP contribution >= 0.6 is 0 Å². The minimum Gasteiger partial charge on any atom is -0.489 e. The van der Waals surface area contributed by atoms with Crippen LogP contribution in [0.5, 0.6) is 17.2 Å². The SMILES string of the molecule is CONC(=COc1ccc(COc2ccc(OCC(=O)O)cc2)cc1)c1ccccc1. The lowest BCUT2D eigenvalue weighted by atomic mass is 10.2. The summed E-state index contributed by atoms with van der Waals surface area (Å²) in [6.45, 7) is 0.00410. The fraction of sp³-hybridized carbons (Fsp3) is 0.125. The van der Waals surface area contributed by atoms with E-state index in [2.05, 4.69) is 5.48 Å². The third-order valence-electron chi connectivity index (χ3n) is 4.12. The van der Waals surface area contributed by atoms with Crippen molar-refractivity contribution in [2.45, 2.75) is 6.61 Å². The molecule has 7 nitrogen and oxygen atoms in total. The highest BCUT2D eigenvalue weighted by atomic mass is 16.6. The van der Waals surface area contributed by atoms with Gasteiger partial charge in [0.1, 0.15) is 35.8 Å². The van der Waals surface area contributed by atoms with Gasteiger partial charge in [-0.1, -0.05) is 42.5 Å². The van der Waals surface area contributed by atoms with Gasteiger partial charge in [0.25, 0.3) is 0 Å². The molecular weight excluding hydrogens is 398 g/mol. The van der Waals surface area contributed by atoms with Crippen molar-refractivity contribution in [1.29, 1.82) is 0 Å². The zero-order valence-corrected chi connectivity index (χ0v) is 17.0. The largest absolute Gasteiger partial charge is 0.489 e. The summed E-state index contributed by atoms with van der Waals surface area (Å²) in [5, 5.41) is 8.63. The van der Waals surface area contributed by atoms with Gasteiger partial charge in [0.2, 0.25) is 0 Å². The molecule has 0 heterocycles. The average molecular weight is 421 g/mol. The molecule has 0 aliphatic heterocycles. The Kier molecular flexibility index (Phi) is 7.90. The van der Waals surface area contributed by atoms with Gasteiger partial charge in [-0.05, 0) is 42.0 Å². The van der Waals surface area contributed by atoms with E-state index in [1.54, 1.807) is 37.6 Å². The number of carboxylic acids is 1. The number of hydrogen-bond donors (Lipinski definition) is 2. The predicted octanol–water partition coefficient (Wildman–Crippen LogP) is 4.26. The van der Waals surface area contributed by atoms with E-state index in [4.69, 9.17) is 24.2 Å². The van der Waals surface area contributed by atoms with Crippen molar-refractivity contribution in [1.82, 2.24) is 5.48 Å². The van der Waals surface area contributed by atoms with Crippen molar-refractivity contribution in [3.05, 3.63) is 96.3 Å². The Morgan fingerprint density at radius 2 is 1.48 bits per heavy atom. The van der Waals surface area contributed by atoms with Gasteiger partial charge in [0.05, 0.1) is 7.11 Å². The first-order chi connectivity index (χ1) is 15.1. The quantitative estimate of drug-likeness (QED) is 0.353. The predicted molar refractivity (Wildman–Crippen MR) is 116 cm³/mol. The van der Waals surface area contributed by atoms with Crippen molar-refractivity contribution >= 4 is 11.7 Å². The van der Waals surface area contributed by atoms with Gasteiger partial charge in [0.15, 0.2) is 6.61 Å². The Balaban J connectivity index is 1.53. The molecule has 0 fully saturated rings. The van der Waals surface area contributed by atoms with Gasteiger partial charge >= 0.3 is 5.97 Å². The van der Waals surface area contributed by atoms with E-state index in [0.717, 1.165) is 11.1 Å². The second-order valence-corrected chi connectivity index (χ2v) is 6.41.